The van der Waals surface area contributed by atoms with Crippen LogP contribution >= 0.6 is 0 Å². The van der Waals surface area contributed by atoms with Crippen molar-refractivity contribution in [3.63, 3.8) is 0 Å². The summed E-state index contributed by atoms with van der Waals surface area (Å²) >= 11 is 0. The number of hydroxylamine groups is 1. The predicted molar refractivity (Wildman–Crippen MR) is 87.0 cm³/mol. The summed E-state index contributed by atoms with van der Waals surface area (Å²) in [4.78, 5) is 17.1. The lowest BCUT2D eigenvalue weighted by Gasteiger charge is -2.36. The Labute approximate surface area is 143 Å². The van der Waals surface area contributed by atoms with Gasteiger partial charge < -0.3 is 14.6 Å². The van der Waals surface area contributed by atoms with Crippen LogP contribution in [0.3, 0.4) is 0 Å². The van der Waals surface area contributed by atoms with Gasteiger partial charge in [0.25, 0.3) is 0 Å². The minimum absolute atomic E-state index is 0.0401. The fourth-order valence-electron chi connectivity index (χ4n) is 4.54. The molecule has 0 spiro atoms. The van der Waals surface area contributed by atoms with Crippen LogP contribution in [0.2, 0.25) is 0 Å². The molecule has 0 aromatic rings. The van der Waals surface area contributed by atoms with E-state index in [2.05, 4.69) is 10.8 Å². The molecule has 7 unspecified atom stereocenters. The first kappa shape index (κ1) is 18.1. The number of carboxylic acids is 1. The maximum atomic E-state index is 11.3. The fraction of sp³-hybridized carbons (Fsp3) is 0.941. The molecule has 0 amide bonds. The van der Waals surface area contributed by atoms with Crippen molar-refractivity contribution in [1.82, 2.24) is 10.8 Å². The maximum absolute atomic E-state index is 11.3. The van der Waals surface area contributed by atoms with Crippen molar-refractivity contribution in [1.29, 1.82) is 0 Å². The van der Waals surface area contributed by atoms with Gasteiger partial charge in [-0.2, -0.15) is 5.48 Å². The zero-order valence-electron chi connectivity index (χ0n) is 14.6. The Morgan fingerprint density at radius 2 is 1.83 bits per heavy atom. The van der Waals surface area contributed by atoms with Crippen molar-refractivity contribution in [2.75, 3.05) is 14.2 Å². The van der Waals surface area contributed by atoms with Crippen LogP contribution in [-0.4, -0.2) is 49.9 Å². The minimum Gasteiger partial charge on any atom is -0.481 e. The third kappa shape index (κ3) is 3.91. The van der Waals surface area contributed by atoms with Gasteiger partial charge in [0.05, 0.1) is 24.3 Å². The number of rotatable bonds is 5. The summed E-state index contributed by atoms with van der Waals surface area (Å²) in [5.74, 6) is -0.214. The number of hydrogen-bond donors (Lipinski definition) is 3. The SMILES string of the molecule is COC1CCC(C2NC(C3CCCC(C(=O)O)C3)NO2)CC1OC. The standard InChI is InChI=1S/C17H30N2O5/c1-22-13-7-6-11(9-14(13)23-2)16-18-15(19-24-16)10-4-3-5-12(8-10)17(20)21/h10-16,18-19H,3-9H2,1-2H3,(H,20,21). The van der Waals surface area contributed by atoms with E-state index in [1.807, 2.05) is 0 Å². The first-order valence-corrected chi connectivity index (χ1v) is 9.08. The molecule has 0 aromatic carbocycles. The van der Waals surface area contributed by atoms with E-state index in [0.717, 1.165) is 38.5 Å². The molecule has 3 N–H and O–H groups in total. The molecule has 2 aliphatic carbocycles. The number of nitrogens with one attached hydrogen (secondary N) is 2. The molecular formula is C17H30N2O5. The number of carbonyl (C=O) groups is 1. The average Bonchev–Trinajstić information content (AvgIpc) is 3.11. The monoisotopic (exact) mass is 342 g/mol. The van der Waals surface area contributed by atoms with Crippen molar-refractivity contribution in [3.05, 3.63) is 0 Å². The van der Waals surface area contributed by atoms with Crippen molar-refractivity contribution in [2.24, 2.45) is 17.8 Å². The summed E-state index contributed by atoms with van der Waals surface area (Å²) in [6.07, 6.45) is 6.68. The van der Waals surface area contributed by atoms with E-state index >= 15 is 0 Å². The number of hydrogen-bond acceptors (Lipinski definition) is 6. The highest BCUT2D eigenvalue weighted by atomic mass is 16.7. The highest BCUT2D eigenvalue weighted by Crippen LogP contribution is 2.35. The summed E-state index contributed by atoms with van der Waals surface area (Å²) in [5, 5.41) is 12.8. The van der Waals surface area contributed by atoms with Gasteiger partial charge in [-0.15, -0.1) is 0 Å². The Bertz CT molecular complexity index is 435. The Morgan fingerprint density at radius 3 is 2.54 bits per heavy atom. The van der Waals surface area contributed by atoms with Gasteiger partial charge in [0, 0.05) is 20.1 Å². The quantitative estimate of drug-likeness (QED) is 0.697. The molecule has 2 saturated carbocycles. The molecule has 0 bridgehead atoms. The molecule has 138 valence electrons. The highest BCUT2D eigenvalue weighted by Gasteiger charge is 2.41. The van der Waals surface area contributed by atoms with Gasteiger partial charge in [0.2, 0.25) is 0 Å². The zero-order chi connectivity index (χ0) is 17.1. The van der Waals surface area contributed by atoms with E-state index < -0.39 is 5.97 Å². The zero-order valence-corrected chi connectivity index (χ0v) is 14.6. The second-order valence-corrected chi connectivity index (χ2v) is 7.38. The average molecular weight is 342 g/mol. The molecule has 3 aliphatic rings. The fourth-order valence-corrected chi connectivity index (χ4v) is 4.54. The van der Waals surface area contributed by atoms with Crippen molar-refractivity contribution in [3.8, 4) is 0 Å². The maximum Gasteiger partial charge on any atom is 0.306 e. The molecule has 0 radical (unpaired) electrons. The number of aliphatic carboxylic acids is 1. The smallest absolute Gasteiger partial charge is 0.306 e. The lowest BCUT2D eigenvalue weighted by Crippen LogP contribution is -2.47. The first-order valence-electron chi connectivity index (χ1n) is 9.08. The Kier molecular flexibility index (Phi) is 6.10. The van der Waals surface area contributed by atoms with E-state index in [9.17, 15) is 9.90 Å². The molecule has 7 heteroatoms. The predicted octanol–water partition coefficient (Wildman–Crippen LogP) is 1.48. The second kappa shape index (κ2) is 8.10. The lowest BCUT2D eigenvalue weighted by atomic mass is 9.79. The summed E-state index contributed by atoms with van der Waals surface area (Å²) in [6, 6.07) is 0. The van der Waals surface area contributed by atoms with E-state index in [0.29, 0.717) is 18.3 Å². The molecule has 1 heterocycles. The van der Waals surface area contributed by atoms with Gasteiger partial charge in [-0.1, -0.05) is 6.42 Å². The number of ether oxygens (including phenoxy) is 2. The van der Waals surface area contributed by atoms with E-state index in [4.69, 9.17) is 14.3 Å². The van der Waals surface area contributed by atoms with Crippen LogP contribution in [0.15, 0.2) is 0 Å². The Hall–Kier alpha value is -0.730. The third-order valence-electron chi connectivity index (χ3n) is 6.01. The number of methoxy groups -OCH3 is 2. The van der Waals surface area contributed by atoms with Crippen LogP contribution in [0, 0.1) is 17.8 Å². The first-order chi connectivity index (χ1) is 11.6. The largest absolute Gasteiger partial charge is 0.481 e. The Balaban J connectivity index is 1.53. The summed E-state index contributed by atoms with van der Waals surface area (Å²) in [5.41, 5.74) is 3.12. The van der Waals surface area contributed by atoms with Crippen LogP contribution in [0.25, 0.3) is 0 Å². The topological polar surface area (TPSA) is 89.1 Å². The van der Waals surface area contributed by atoms with Crippen LogP contribution in [-0.2, 0) is 19.1 Å². The van der Waals surface area contributed by atoms with Gasteiger partial charge >= 0.3 is 5.97 Å². The van der Waals surface area contributed by atoms with Crippen molar-refractivity contribution >= 4 is 5.97 Å². The molecule has 3 fully saturated rings. The molecule has 3 rings (SSSR count). The molecular weight excluding hydrogens is 312 g/mol. The number of carboxylic acid groups (broad SMARTS) is 1. The molecule has 1 saturated heterocycles. The Morgan fingerprint density at radius 1 is 1.04 bits per heavy atom. The van der Waals surface area contributed by atoms with Crippen molar-refractivity contribution in [2.45, 2.75) is 69.5 Å². The van der Waals surface area contributed by atoms with Gasteiger partial charge in [0.1, 0.15) is 6.23 Å². The van der Waals surface area contributed by atoms with Gasteiger partial charge in [0.15, 0.2) is 0 Å². The molecule has 24 heavy (non-hydrogen) atoms. The molecule has 7 nitrogen and oxygen atoms in total. The van der Waals surface area contributed by atoms with Crippen molar-refractivity contribution < 1.29 is 24.2 Å². The van der Waals surface area contributed by atoms with Gasteiger partial charge in [-0.05, 0) is 44.4 Å². The summed E-state index contributed by atoms with van der Waals surface area (Å²) in [6.45, 7) is 0. The summed E-state index contributed by atoms with van der Waals surface area (Å²) in [7, 11) is 3.47. The minimum atomic E-state index is -0.670. The van der Waals surface area contributed by atoms with E-state index in [1.54, 1.807) is 14.2 Å². The van der Waals surface area contributed by atoms with Crippen LogP contribution in [0.5, 0.6) is 0 Å². The van der Waals surface area contributed by atoms with Crippen LogP contribution in [0.1, 0.15) is 44.9 Å². The van der Waals surface area contributed by atoms with Gasteiger partial charge in [-0.25, -0.2) is 0 Å². The van der Waals surface area contributed by atoms with E-state index in [-0.39, 0.29) is 30.5 Å². The second-order valence-electron chi connectivity index (χ2n) is 7.38. The molecule has 7 atom stereocenters. The van der Waals surface area contributed by atoms with Crippen LogP contribution in [0.4, 0.5) is 0 Å². The lowest BCUT2D eigenvalue weighted by molar-refractivity contribution is -0.143. The van der Waals surface area contributed by atoms with Gasteiger partial charge in [-0.3, -0.25) is 14.9 Å². The van der Waals surface area contributed by atoms with E-state index in [1.165, 1.54) is 0 Å². The molecule has 1 aliphatic heterocycles. The summed E-state index contributed by atoms with van der Waals surface area (Å²) < 4.78 is 11.1. The van der Waals surface area contributed by atoms with Crippen LogP contribution < -0.4 is 10.8 Å². The highest BCUT2D eigenvalue weighted by molar-refractivity contribution is 5.70. The third-order valence-corrected chi connectivity index (χ3v) is 6.01. The normalized spacial score (nSPS) is 43.7. The molecule has 0 aromatic heterocycles.